The maximum atomic E-state index is 13.0. The number of nitrogens with zero attached hydrogens (tertiary/aromatic N) is 1. The quantitative estimate of drug-likeness (QED) is 0.300. The van der Waals surface area contributed by atoms with Gasteiger partial charge in [0.05, 0.1) is 22.6 Å². The zero-order valence-electron chi connectivity index (χ0n) is 16.4. The van der Waals surface area contributed by atoms with Gasteiger partial charge in [-0.15, -0.1) is 0 Å². The minimum Gasteiger partial charge on any atom is -0.377 e. The molecule has 0 atom stereocenters. The fourth-order valence-corrected chi connectivity index (χ4v) is 5.38. The minimum absolute atomic E-state index is 0.0900. The first-order chi connectivity index (χ1) is 13.6. The highest BCUT2D eigenvalue weighted by atomic mass is 79.9. The second-order valence-corrected chi connectivity index (χ2v) is 16.5. The van der Waals surface area contributed by atoms with Crippen LogP contribution in [0, 0.1) is 0 Å². The highest BCUT2D eigenvalue weighted by molar-refractivity contribution is 9.10. The fourth-order valence-electron chi connectivity index (χ4n) is 2.71. The van der Waals surface area contributed by atoms with Crippen LogP contribution in [-0.2, 0) is 21.4 Å². The van der Waals surface area contributed by atoms with Gasteiger partial charge in [-0.05, 0) is 40.2 Å². The molecule has 0 amide bonds. The lowest BCUT2D eigenvalue weighted by Gasteiger charge is -2.17. The molecule has 3 aromatic rings. The minimum atomic E-state index is -3.84. The molecule has 1 aromatic carbocycles. The van der Waals surface area contributed by atoms with Gasteiger partial charge >= 0.3 is 0 Å². The van der Waals surface area contributed by atoms with Crippen molar-refractivity contribution in [3.05, 3.63) is 51.7 Å². The van der Waals surface area contributed by atoms with Gasteiger partial charge < -0.3 is 9.72 Å². The Morgan fingerprint density at radius 1 is 1.31 bits per heavy atom. The SMILES string of the molecule is C[Si](C)(C)CCOCc1cnc2[nH]cc(Br)c2c1NS(=O)(=O)c1cccc(Cl)c1. The number of pyridine rings is 1. The predicted octanol–water partition coefficient (Wildman–Crippen LogP) is 5.63. The molecule has 0 unspecified atom stereocenters. The molecule has 156 valence electrons. The van der Waals surface area contributed by atoms with Crippen LogP contribution in [0.3, 0.4) is 0 Å². The maximum absolute atomic E-state index is 13.0. The molecular weight excluding hydrogens is 494 g/mol. The normalized spacial score (nSPS) is 12.4. The lowest BCUT2D eigenvalue weighted by Crippen LogP contribution is -2.21. The summed E-state index contributed by atoms with van der Waals surface area (Å²) in [4.78, 5) is 7.51. The first-order valence-electron chi connectivity index (χ1n) is 9.07. The van der Waals surface area contributed by atoms with E-state index in [1.807, 2.05) is 0 Å². The van der Waals surface area contributed by atoms with Gasteiger partial charge in [0.15, 0.2) is 0 Å². The molecule has 0 saturated heterocycles. The average Bonchev–Trinajstić information content (AvgIpc) is 3.00. The smallest absolute Gasteiger partial charge is 0.261 e. The number of hydrogen-bond donors (Lipinski definition) is 2. The monoisotopic (exact) mass is 515 g/mol. The third-order valence-corrected chi connectivity index (χ3v) is 8.24. The summed E-state index contributed by atoms with van der Waals surface area (Å²) in [5.41, 5.74) is 1.68. The molecule has 0 bridgehead atoms. The standard InChI is InChI=1S/C19H23BrClN3O3SSi/c1-29(2,3)8-7-27-12-13-10-22-19-17(16(20)11-23-19)18(13)24-28(25,26)15-6-4-5-14(21)9-15/h4-6,9-11H,7-8,12H2,1-3H3,(H2,22,23,24). The Balaban J connectivity index is 1.95. The van der Waals surface area contributed by atoms with E-state index < -0.39 is 18.1 Å². The van der Waals surface area contributed by atoms with Crippen molar-refractivity contribution < 1.29 is 13.2 Å². The van der Waals surface area contributed by atoms with Gasteiger partial charge in [-0.25, -0.2) is 13.4 Å². The van der Waals surface area contributed by atoms with Gasteiger partial charge in [0.2, 0.25) is 0 Å². The highest BCUT2D eigenvalue weighted by Gasteiger charge is 2.21. The number of anilines is 1. The van der Waals surface area contributed by atoms with E-state index in [-0.39, 0.29) is 11.5 Å². The van der Waals surface area contributed by atoms with E-state index in [4.69, 9.17) is 16.3 Å². The first-order valence-corrected chi connectivity index (χ1v) is 15.4. The molecule has 0 spiro atoms. The van der Waals surface area contributed by atoms with Crippen molar-refractivity contribution >= 4 is 62.3 Å². The molecule has 0 fully saturated rings. The molecule has 2 aromatic heterocycles. The number of benzene rings is 1. The molecule has 0 saturated carbocycles. The van der Waals surface area contributed by atoms with Crippen LogP contribution in [-0.4, -0.2) is 33.1 Å². The summed E-state index contributed by atoms with van der Waals surface area (Å²) in [6.07, 6.45) is 3.36. The van der Waals surface area contributed by atoms with E-state index in [1.54, 1.807) is 24.5 Å². The fraction of sp³-hybridized carbons (Fsp3) is 0.316. The van der Waals surface area contributed by atoms with Crippen LogP contribution < -0.4 is 4.72 Å². The van der Waals surface area contributed by atoms with Crippen molar-refractivity contribution in [1.29, 1.82) is 0 Å². The van der Waals surface area contributed by atoms with Crippen molar-refractivity contribution in [1.82, 2.24) is 9.97 Å². The van der Waals surface area contributed by atoms with Gasteiger partial charge in [-0.1, -0.05) is 37.3 Å². The summed E-state index contributed by atoms with van der Waals surface area (Å²) in [5.74, 6) is 0. The van der Waals surface area contributed by atoms with E-state index >= 15 is 0 Å². The van der Waals surface area contributed by atoms with Gasteiger partial charge in [-0.3, -0.25) is 4.72 Å². The van der Waals surface area contributed by atoms with Crippen LogP contribution in [0.15, 0.2) is 46.0 Å². The van der Waals surface area contributed by atoms with Crippen molar-refractivity contribution in [2.75, 3.05) is 11.3 Å². The van der Waals surface area contributed by atoms with Gasteiger partial charge in [0.1, 0.15) is 5.65 Å². The van der Waals surface area contributed by atoms with E-state index in [9.17, 15) is 8.42 Å². The number of H-pyrrole nitrogens is 1. The molecule has 0 aliphatic carbocycles. The number of aromatic nitrogens is 2. The zero-order valence-corrected chi connectivity index (χ0v) is 20.6. The summed E-state index contributed by atoms with van der Waals surface area (Å²) in [5, 5.41) is 1.01. The molecule has 10 heteroatoms. The number of nitrogens with one attached hydrogen (secondary N) is 2. The zero-order chi connectivity index (χ0) is 21.2. The predicted molar refractivity (Wildman–Crippen MR) is 124 cm³/mol. The Morgan fingerprint density at radius 3 is 2.76 bits per heavy atom. The molecule has 0 aliphatic heterocycles. The summed E-state index contributed by atoms with van der Waals surface area (Å²) in [7, 11) is -5.06. The number of rotatable bonds is 8. The Labute approximate surface area is 185 Å². The summed E-state index contributed by atoms with van der Waals surface area (Å²) < 4.78 is 35.3. The van der Waals surface area contributed by atoms with Gasteiger partial charge in [0, 0.05) is 42.1 Å². The first kappa shape index (κ1) is 22.3. The van der Waals surface area contributed by atoms with E-state index in [1.165, 1.54) is 12.1 Å². The van der Waals surface area contributed by atoms with Crippen LogP contribution in [0.1, 0.15) is 5.56 Å². The highest BCUT2D eigenvalue weighted by Crippen LogP contribution is 2.34. The number of fused-ring (bicyclic) bond motifs is 1. The van der Waals surface area contributed by atoms with Crippen molar-refractivity contribution in [2.24, 2.45) is 0 Å². The molecule has 6 nitrogen and oxygen atoms in total. The summed E-state index contributed by atoms with van der Waals surface area (Å²) >= 11 is 9.45. The molecule has 3 rings (SSSR count). The lowest BCUT2D eigenvalue weighted by molar-refractivity contribution is 0.133. The maximum Gasteiger partial charge on any atom is 0.261 e. The van der Waals surface area contributed by atoms with Crippen LogP contribution in [0.25, 0.3) is 11.0 Å². The largest absolute Gasteiger partial charge is 0.377 e. The second-order valence-electron chi connectivity index (χ2n) is 7.94. The Bertz CT molecular complexity index is 1130. The topological polar surface area (TPSA) is 84.1 Å². The third kappa shape index (κ3) is 5.61. The lowest BCUT2D eigenvalue weighted by atomic mass is 10.2. The molecule has 2 heterocycles. The van der Waals surface area contributed by atoms with E-state index in [2.05, 4.69) is 50.3 Å². The van der Waals surface area contributed by atoms with Crippen molar-refractivity contribution in [2.45, 2.75) is 37.2 Å². The number of halogens is 2. The van der Waals surface area contributed by atoms with Gasteiger partial charge in [0.25, 0.3) is 10.0 Å². The molecule has 2 N–H and O–H groups in total. The summed E-state index contributed by atoms with van der Waals surface area (Å²) in [6, 6.07) is 7.18. The molecule has 0 aliphatic rings. The van der Waals surface area contributed by atoms with Crippen LogP contribution in [0.4, 0.5) is 5.69 Å². The average molecular weight is 517 g/mol. The Morgan fingerprint density at radius 2 is 2.07 bits per heavy atom. The number of sulfonamides is 1. The van der Waals surface area contributed by atoms with Crippen LogP contribution >= 0.6 is 27.5 Å². The number of hydrogen-bond acceptors (Lipinski definition) is 4. The van der Waals surface area contributed by atoms with Crippen molar-refractivity contribution in [3.63, 3.8) is 0 Å². The number of ether oxygens (including phenoxy) is 1. The molecular formula is C19H23BrClN3O3SSi. The van der Waals surface area contributed by atoms with Crippen LogP contribution in [0.5, 0.6) is 0 Å². The third-order valence-electron chi connectivity index (χ3n) is 4.33. The summed E-state index contributed by atoms with van der Waals surface area (Å²) in [6.45, 7) is 7.74. The van der Waals surface area contributed by atoms with E-state index in [0.717, 1.165) is 6.04 Å². The van der Waals surface area contributed by atoms with Crippen LogP contribution in [0.2, 0.25) is 30.7 Å². The van der Waals surface area contributed by atoms with E-state index in [0.29, 0.717) is 38.4 Å². The van der Waals surface area contributed by atoms with Crippen molar-refractivity contribution in [3.8, 4) is 0 Å². The Hall–Kier alpha value is -1.39. The van der Waals surface area contributed by atoms with Gasteiger partial charge in [-0.2, -0.15) is 0 Å². The second kappa shape index (κ2) is 8.77. The number of aromatic amines is 1. The molecule has 0 radical (unpaired) electrons. The Kier molecular flexibility index (Phi) is 6.74. The molecule has 29 heavy (non-hydrogen) atoms.